The summed E-state index contributed by atoms with van der Waals surface area (Å²) in [5, 5.41) is 3.98. The van der Waals surface area contributed by atoms with Crippen molar-refractivity contribution in [1.82, 2.24) is 5.32 Å². The highest BCUT2D eigenvalue weighted by Crippen LogP contribution is 2.23. The average molecular weight is 334 g/mol. The van der Waals surface area contributed by atoms with E-state index in [4.69, 9.17) is 16.3 Å². The molecular weight excluding hydrogens is 310 g/mol. The van der Waals surface area contributed by atoms with Crippen molar-refractivity contribution in [2.24, 2.45) is 0 Å². The summed E-state index contributed by atoms with van der Waals surface area (Å²) in [6, 6.07) is 5.49. The molecule has 1 rings (SSSR count). The first-order valence-electron chi connectivity index (χ1n) is 7.31. The molecule has 0 amide bonds. The van der Waals surface area contributed by atoms with Crippen molar-refractivity contribution in [2.45, 2.75) is 33.2 Å². The molecule has 0 aliphatic rings. The number of hydrogen-bond acceptors (Lipinski definition) is 4. The molecular formula is C15H24ClNO3S. The van der Waals surface area contributed by atoms with Crippen LogP contribution in [0.25, 0.3) is 0 Å². The quantitative estimate of drug-likeness (QED) is 0.669. The largest absolute Gasteiger partial charge is 0.493 e. The van der Waals surface area contributed by atoms with Crippen LogP contribution in [0.2, 0.25) is 5.02 Å². The Morgan fingerprint density at radius 3 is 2.71 bits per heavy atom. The molecule has 21 heavy (non-hydrogen) atoms. The van der Waals surface area contributed by atoms with Crippen molar-refractivity contribution in [3.63, 3.8) is 0 Å². The molecule has 0 unspecified atom stereocenters. The third-order valence-corrected chi connectivity index (χ3v) is 5.09. The fourth-order valence-corrected chi connectivity index (χ4v) is 2.87. The molecule has 0 spiro atoms. The highest BCUT2D eigenvalue weighted by molar-refractivity contribution is 7.91. The molecule has 1 aromatic rings. The molecule has 6 heteroatoms. The fourth-order valence-electron chi connectivity index (χ4n) is 1.83. The van der Waals surface area contributed by atoms with Gasteiger partial charge >= 0.3 is 0 Å². The molecule has 0 heterocycles. The first kappa shape index (κ1) is 18.3. The Bertz CT molecular complexity index is 532. The number of hydrogen-bond donors (Lipinski definition) is 1. The highest BCUT2D eigenvalue weighted by atomic mass is 35.5. The summed E-state index contributed by atoms with van der Waals surface area (Å²) >= 11 is 6.01. The maximum Gasteiger partial charge on any atom is 0.150 e. The molecule has 0 aliphatic heterocycles. The van der Waals surface area contributed by atoms with Gasteiger partial charge in [-0.05, 0) is 37.6 Å². The number of benzene rings is 1. The van der Waals surface area contributed by atoms with Gasteiger partial charge in [-0.1, -0.05) is 25.4 Å². The zero-order chi connectivity index (χ0) is 15.7. The molecule has 0 saturated carbocycles. The van der Waals surface area contributed by atoms with Crippen LogP contribution in [0.3, 0.4) is 0 Å². The lowest BCUT2D eigenvalue weighted by Gasteiger charge is -2.12. The first-order chi connectivity index (χ1) is 9.98. The van der Waals surface area contributed by atoms with Crippen molar-refractivity contribution in [2.75, 3.05) is 24.7 Å². The van der Waals surface area contributed by atoms with Crippen LogP contribution in [0.1, 0.15) is 32.3 Å². The van der Waals surface area contributed by atoms with Crippen molar-refractivity contribution >= 4 is 21.4 Å². The van der Waals surface area contributed by atoms with E-state index in [9.17, 15) is 8.42 Å². The Morgan fingerprint density at radius 1 is 1.29 bits per heavy atom. The van der Waals surface area contributed by atoms with Gasteiger partial charge in [-0.3, -0.25) is 0 Å². The lowest BCUT2D eigenvalue weighted by Crippen LogP contribution is -2.15. The maximum atomic E-state index is 11.4. The third kappa shape index (κ3) is 7.16. The minimum Gasteiger partial charge on any atom is -0.493 e. The molecule has 0 radical (unpaired) electrons. The van der Waals surface area contributed by atoms with Crippen LogP contribution in [0.5, 0.6) is 5.75 Å². The van der Waals surface area contributed by atoms with Crippen molar-refractivity contribution in [3.05, 3.63) is 28.8 Å². The highest BCUT2D eigenvalue weighted by Gasteiger charge is 2.08. The summed E-state index contributed by atoms with van der Waals surface area (Å²) in [5.74, 6) is 1.11. The second-order valence-electron chi connectivity index (χ2n) is 4.87. The first-order valence-corrected chi connectivity index (χ1v) is 9.50. The lowest BCUT2D eigenvalue weighted by molar-refractivity contribution is 0.313. The maximum absolute atomic E-state index is 11.4. The molecule has 0 aromatic heterocycles. The number of nitrogens with one attached hydrogen (secondary N) is 1. The molecule has 120 valence electrons. The van der Waals surface area contributed by atoms with E-state index in [2.05, 4.69) is 12.2 Å². The van der Waals surface area contributed by atoms with Gasteiger partial charge in [0.15, 0.2) is 0 Å². The van der Waals surface area contributed by atoms with Gasteiger partial charge in [0.25, 0.3) is 0 Å². The Balaban J connectivity index is 2.53. The summed E-state index contributed by atoms with van der Waals surface area (Å²) in [4.78, 5) is 0. The lowest BCUT2D eigenvalue weighted by atomic mass is 10.2. The van der Waals surface area contributed by atoms with E-state index in [1.165, 1.54) is 0 Å². The van der Waals surface area contributed by atoms with Gasteiger partial charge in [0, 0.05) is 22.9 Å². The van der Waals surface area contributed by atoms with Crippen molar-refractivity contribution in [3.8, 4) is 5.75 Å². The van der Waals surface area contributed by atoms with Crippen LogP contribution in [0, 0.1) is 0 Å². The van der Waals surface area contributed by atoms with E-state index >= 15 is 0 Å². The van der Waals surface area contributed by atoms with Crippen LogP contribution in [-0.2, 0) is 16.4 Å². The van der Waals surface area contributed by atoms with Crippen molar-refractivity contribution in [1.29, 1.82) is 0 Å². The Hall–Kier alpha value is -0.780. The summed E-state index contributed by atoms with van der Waals surface area (Å²) < 4.78 is 28.5. The smallest absolute Gasteiger partial charge is 0.150 e. The van der Waals surface area contributed by atoms with Gasteiger partial charge < -0.3 is 10.1 Å². The molecule has 0 saturated heterocycles. The zero-order valence-corrected chi connectivity index (χ0v) is 14.3. The molecule has 0 bridgehead atoms. The van der Waals surface area contributed by atoms with Gasteiger partial charge in [0.2, 0.25) is 0 Å². The summed E-state index contributed by atoms with van der Waals surface area (Å²) in [6.45, 7) is 5.78. The Morgan fingerprint density at radius 2 is 2.05 bits per heavy atom. The van der Waals surface area contributed by atoms with Crippen LogP contribution < -0.4 is 10.1 Å². The minimum atomic E-state index is -2.92. The fraction of sp³-hybridized carbons (Fsp3) is 0.600. The van der Waals surface area contributed by atoms with E-state index in [0.717, 1.165) is 24.3 Å². The monoisotopic (exact) mass is 333 g/mol. The summed E-state index contributed by atoms with van der Waals surface area (Å²) in [6.07, 6.45) is 1.56. The van der Waals surface area contributed by atoms with Crippen LogP contribution in [0.15, 0.2) is 18.2 Å². The van der Waals surface area contributed by atoms with E-state index in [-0.39, 0.29) is 11.5 Å². The number of halogens is 1. The van der Waals surface area contributed by atoms with E-state index < -0.39 is 9.84 Å². The number of ether oxygens (including phenoxy) is 1. The van der Waals surface area contributed by atoms with E-state index in [0.29, 0.717) is 24.6 Å². The average Bonchev–Trinajstić information content (AvgIpc) is 2.45. The number of rotatable bonds is 10. The third-order valence-electron chi connectivity index (χ3n) is 3.06. The van der Waals surface area contributed by atoms with Gasteiger partial charge in [-0.25, -0.2) is 8.42 Å². The van der Waals surface area contributed by atoms with Crippen LogP contribution in [0.4, 0.5) is 0 Å². The summed E-state index contributed by atoms with van der Waals surface area (Å²) in [7, 11) is -2.92. The van der Waals surface area contributed by atoms with Gasteiger partial charge in [0.1, 0.15) is 15.6 Å². The second-order valence-corrected chi connectivity index (χ2v) is 7.78. The molecule has 0 fully saturated rings. The predicted molar refractivity (Wildman–Crippen MR) is 87.9 cm³/mol. The Labute approximate surface area is 132 Å². The minimum absolute atomic E-state index is 0.167. The van der Waals surface area contributed by atoms with Gasteiger partial charge in [-0.15, -0.1) is 0 Å². The summed E-state index contributed by atoms with van der Waals surface area (Å²) in [5.41, 5.74) is 0.995. The molecule has 1 N–H and O–H groups in total. The predicted octanol–water partition coefficient (Wildman–Crippen LogP) is 3.04. The topological polar surface area (TPSA) is 55.4 Å². The van der Waals surface area contributed by atoms with Gasteiger partial charge in [-0.2, -0.15) is 0 Å². The number of sulfone groups is 1. The molecule has 0 atom stereocenters. The van der Waals surface area contributed by atoms with Gasteiger partial charge in [0.05, 0.1) is 12.4 Å². The Kier molecular flexibility index (Phi) is 8.07. The molecule has 1 aromatic carbocycles. The van der Waals surface area contributed by atoms with Crippen LogP contribution >= 0.6 is 11.6 Å². The molecule has 0 aliphatic carbocycles. The van der Waals surface area contributed by atoms with E-state index in [1.807, 2.05) is 12.1 Å². The molecule has 4 nitrogen and oxygen atoms in total. The van der Waals surface area contributed by atoms with Crippen LogP contribution in [-0.4, -0.2) is 33.1 Å². The second kappa shape index (κ2) is 9.28. The van der Waals surface area contributed by atoms with Crippen molar-refractivity contribution < 1.29 is 13.2 Å². The SMILES string of the molecule is CCCNCc1cc(Cl)ccc1OCCCS(=O)(=O)CC. The normalized spacial score (nSPS) is 11.6. The van der Waals surface area contributed by atoms with E-state index in [1.54, 1.807) is 13.0 Å². The standard InChI is InChI=1S/C15H24ClNO3S/c1-3-8-17-12-13-11-14(16)6-7-15(13)20-9-5-10-21(18,19)4-2/h6-7,11,17H,3-5,8-10,12H2,1-2H3. The zero-order valence-electron chi connectivity index (χ0n) is 12.7.